The second-order valence-electron chi connectivity index (χ2n) is 11.8. The van der Waals surface area contributed by atoms with E-state index in [0.29, 0.717) is 37.3 Å². The molecule has 4 aliphatic rings. The molecule has 0 aromatic carbocycles. The molecule has 2 aromatic rings. The molecule has 2 aromatic heterocycles. The van der Waals surface area contributed by atoms with Gasteiger partial charge in [0.25, 0.3) is 5.92 Å². The van der Waals surface area contributed by atoms with Gasteiger partial charge in [0.15, 0.2) is 11.0 Å². The molecule has 0 spiro atoms. The van der Waals surface area contributed by atoms with Gasteiger partial charge in [-0.15, -0.1) is 0 Å². The zero-order valence-electron chi connectivity index (χ0n) is 22.0. The number of halogens is 4. The number of anilines is 1. The number of carbonyl (C=O) groups excluding carboxylic acids is 1. The lowest BCUT2D eigenvalue weighted by Crippen LogP contribution is -2.57. The zero-order chi connectivity index (χ0) is 27.7. The van der Waals surface area contributed by atoms with Crippen LogP contribution < -0.4 is 9.64 Å². The van der Waals surface area contributed by atoms with E-state index in [0.717, 1.165) is 6.42 Å². The minimum absolute atomic E-state index is 0.0345. The Morgan fingerprint density at radius 3 is 2.62 bits per heavy atom. The number of ether oxygens (including phenoxy) is 2. The monoisotopic (exact) mass is 566 g/mol. The molecule has 0 N–H and O–H groups in total. The topological polar surface area (TPSA) is 83.9 Å². The smallest absolute Gasteiger partial charge is 0.411 e. The van der Waals surface area contributed by atoms with Crippen molar-refractivity contribution in [2.45, 2.75) is 69.2 Å². The summed E-state index contributed by atoms with van der Waals surface area (Å²) in [6, 6.07) is -0.695. The number of fused-ring (bicyclic) bond motifs is 4. The van der Waals surface area contributed by atoms with Crippen molar-refractivity contribution in [3.8, 4) is 6.01 Å². The van der Waals surface area contributed by atoms with Crippen molar-refractivity contribution in [3.05, 3.63) is 29.3 Å². The van der Waals surface area contributed by atoms with Crippen LogP contribution in [0.15, 0.2) is 18.3 Å². The zero-order valence-corrected chi connectivity index (χ0v) is 22.7. The van der Waals surface area contributed by atoms with Crippen LogP contribution in [-0.4, -0.2) is 92.8 Å². The first-order valence-electron chi connectivity index (χ1n) is 13.1. The number of rotatable bonds is 4. The molecule has 3 fully saturated rings. The maximum atomic E-state index is 15.1. The van der Waals surface area contributed by atoms with E-state index in [4.69, 9.17) is 21.1 Å². The number of amides is 1. The lowest BCUT2D eigenvalue weighted by Gasteiger charge is -2.42. The van der Waals surface area contributed by atoms with Gasteiger partial charge in [0, 0.05) is 25.7 Å². The van der Waals surface area contributed by atoms with Crippen LogP contribution in [-0.2, 0) is 4.74 Å². The quantitative estimate of drug-likeness (QED) is 0.397. The minimum atomic E-state index is -2.79. The summed E-state index contributed by atoms with van der Waals surface area (Å²) in [6.07, 6.45) is 5.97. The highest BCUT2D eigenvalue weighted by Gasteiger charge is 2.57. The first-order chi connectivity index (χ1) is 18.3. The van der Waals surface area contributed by atoms with Crippen LogP contribution in [0.3, 0.4) is 0 Å². The van der Waals surface area contributed by atoms with Gasteiger partial charge >= 0.3 is 12.1 Å². The van der Waals surface area contributed by atoms with E-state index in [1.807, 2.05) is 37.8 Å². The Hall–Kier alpha value is -2.86. The normalized spacial score (nSPS) is 27.9. The standard InChI is InChI=1S/C26H30ClF3N6O3/c1-24(2,3)39-23(37)36-15-5-6-16(36)11-34(10-15)21-17-9-31-20(27)18(28)19(17)32-22(33-21)38-14-25-7-4-8-35(25)13-26(29,30)12-25/h5-6,9,15-16H,4,7-8,10-14H2,1-3H3. The second kappa shape index (κ2) is 9.09. The van der Waals surface area contributed by atoms with E-state index < -0.39 is 29.0 Å². The van der Waals surface area contributed by atoms with E-state index in [1.54, 1.807) is 9.80 Å². The van der Waals surface area contributed by atoms with E-state index >= 15 is 4.39 Å². The fraction of sp³-hybridized carbons (Fsp3) is 0.615. The molecule has 6 heterocycles. The molecule has 9 nitrogen and oxygen atoms in total. The van der Waals surface area contributed by atoms with E-state index in [9.17, 15) is 13.6 Å². The number of hydrogen-bond acceptors (Lipinski definition) is 8. The molecule has 13 heteroatoms. The molecule has 2 bridgehead atoms. The Labute approximate surface area is 228 Å². The van der Waals surface area contributed by atoms with E-state index in [-0.39, 0.29) is 48.3 Å². The summed E-state index contributed by atoms with van der Waals surface area (Å²) in [5.41, 5.74) is -1.51. The first kappa shape index (κ1) is 26.4. The number of carbonyl (C=O) groups is 1. The first-order valence-corrected chi connectivity index (χ1v) is 13.4. The molecule has 0 aliphatic carbocycles. The highest BCUT2D eigenvalue weighted by atomic mass is 35.5. The van der Waals surface area contributed by atoms with Gasteiger partial charge in [-0.1, -0.05) is 23.8 Å². The van der Waals surface area contributed by atoms with Gasteiger partial charge in [-0.3, -0.25) is 9.80 Å². The van der Waals surface area contributed by atoms with Gasteiger partial charge in [0.2, 0.25) is 0 Å². The van der Waals surface area contributed by atoms with Crippen LogP contribution in [0.5, 0.6) is 6.01 Å². The lowest BCUT2D eigenvalue weighted by atomic mass is 9.94. The molecule has 0 radical (unpaired) electrons. The molecule has 210 valence electrons. The van der Waals surface area contributed by atoms with Crippen LogP contribution in [0.25, 0.3) is 10.9 Å². The van der Waals surface area contributed by atoms with Gasteiger partial charge in [0.05, 0.1) is 29.6 Å². The fourth-order valence-corrected chi connectivity index (χ4v) is 6.38. The summed E-state index contributed by atoms with van der Waals surface area (Å²) in [4.78, 5) is 31.1. The van der Waals surface area contributed by atoms with Crippen molar-refractivity contribution in [2.75, 3.05) is 37.7 Å². The molecule has 3 unspecified atom stereocenters. The van der Waals surface area contributed by atoms with E-state index in [1.165, 1.54) is 6.20 Å². The van der Waals surface area contributed by atoms with Crippen LogP contribution in [0.2, 0.25) is 5.15 Å². The molecule has 6 rings (SSSR count). The lowest BCUT2D eigenvalue weighted by molar-refractivity contribution is 0.00796. The van der Waals surface area contributed by atoms with Gasteiger partial charge in [0.1, 0.15) is 23.5 Å². The summed E-state index contributed by atoms with van der Waals surface area (Å²) in [6.45, 7) is 6.42. The Bertz CT molecular complexity index is 1340. The van der Waals surface area contributed by atoms with Crippen molar-refractivity contribution < 1.29 is 27.4 Å². The average Bonchev–Trinajstić information content (AvgIpc) is 3.43. The molecule has 3 atom stereocenters. The largest absolute Gasteiger partial charge is 0.461 e. The number of alkyl halides is 2. The summed E-state index contributed by atoms with van der Waals surface area (Å²) >= 11 is 5.97. The molecular formula is C26H30ClF3N6O3. The van der Waals surface area contributed by atoms with Crippen molar-refractivity contribution in [1.29, 1.82) is 0 Å². The third-order valence-corrected chi connectivity index (χ3v) is 8.07. The molecular weight excluding hydrogens is 537 g/mol. The maximum Gasteiger partial charge on any atom is 0.411 e. The van der Waals surface area contributed by atoms with Crippen molar-refractivity contribution >= 4 is 34.4 Å². The third kappa shape index (κ3) is 4.75. The summed E-state index contributed by atoms with van der Waals surface area (Å²) < 4.78 is 55.2. The van der Waals surface area contributed by atoms with Gasteiger partial charge < -0.3 is 14.4 Å². The fourth-order valence-electron chi connectivity index (χ4n) is 6.25. The molecule has 3 saturated heterocycles. The van der Waals surface area contributed by atoms with Crippen LogP contribution in [0, 0.1) is 5.82 Å². The van der Waals surface area contributed by atoms with Crippen LogP contribution in [0.4, 0.5) is 23.8 Å². The van der Waals surface area contributed by atoms with Crippen LogP contribution >= 0.6 is 11.6 Å². The van der Waals surface area contributed by atoms with Crippen molar-refractivity contribution in [3.63, 3.8) is 0 Å². The summed E-state index contributed by atoms with van der Waals surface area (Å²) in [5, 5.41) is -0.00648. The number of nitrogens with zero attached hydrogens (tertiary/aromatic N) is 6. The van der Waals surface area contributed by atoms with Crippen molar-refractivity contribution in [2.24, 2.45) is 0 Å². The van der Waals surface area contributed by atoms with Gasteiger partial charge in [-0.2, -0.15) is 9.97 Å². The Morgan fingerprint density at radius 1 is 1.21 bits per heavy atom. The third-order valence-electron chi connectivity index (χ3n) is 7.81. The highest BCUT2D eigenvalue weighted by Crippen LogP contribution is 2.46. The highest BCUT2D eigenvalue weighted by molar-refractivity contribution is 6.30. The predicted octanol–water partition coefficient (Wildman–Crippen LogP) is 4.43. The molecule has 4 aliphatic heterocycles. The SMILES string of the molecule is CC(C)(C)OC(=O)N1C2C=CC1CN(c1nc(OCC34CCCN3CC(F)(F)C4)nc3c(F)c(Cl)ncc13)C2. The molecule has 39 heavy (non-hydrogen) atoms. The van der Waals surface area contributed by atoms with E-state index in [2.05, 4.69) is 15.0 Å². The Morgan fingerprint density at radius 2 is 1.92 bits per heavy atom. The Balaban J connectivity index is 1.30. The van der Waals surface area contributed by atoms with Gasteiger partial charge in [-0.25, -0.2) is 22.9 Å². The minimum Gasteiger partial charge on any atom is -0.461 e. The second-order valence-corrected chi connectivity index (χ2v) is 12.2. The summed E-state index contributed by atoms with van der Waals surface area (Å²) in [5.74, 6) is -3.23. The maximum absolute atomic E-state index is 15.1. The van der Waals surface area contributed by atoms with Crippen LogP contribution in [0.1, 0.15) is 40.0 Å². The Kier molecular flexibility index (Phi) is 6.14. The number of hydrogen-bond donors (Lipinski definition) is 0. The molecule has 1 amide bonds. The number of pyridine rings is 1. The molecule has 0 saturated carbocycles. The number of piperazine rings is 1. The van der Waals surface area contributed by atoms with Gasteiger partial charge in [-0.05, 0) is 40.2 Å². The average molecular weight is 567 g/mol. The predicted molar refractivity (Wildman–Crippen MR) is 138 cm³/mol. The summed E-state index contributed by atoms with van der Waals surface area (Å²) in [7, 11) is 0. The van der Waals surface area contributed by atoms with Crippen molar-refractivity contribution in [1.82, 2.24) is 24.8 Å². The number of aromatic nitrogens is 3.